The monoisotopic (exact) mass is 270 g/mol. The average Bonchev–Trinajstić information content (AvgIpc) is 2.98. The van der Waals surface area contributed by atoms with E-state index in [2.05, 4.69) is 18.3 Å². The zero-order chi connectivity index (χ0) is 14.4. The summed E-state index contributed by atoms with van der Waals surface area (Å²) in [6.45, 7) is 2.09. The predicted molar refractivity (Wildman–Crippen MR) is 77.8 cm³/mol. The van der Waals surface area contributed by atoms with Crippen molar-refractivity contribution in [3.8, 4) is 11.8 Å². The molecule has 104 valence electrons. The summed E-state index contributed by atoms with van der Waals surface area (Å²) in [5.41, 5.74) is 1.43. The van der Waals surface area contributed by atoms with Crippen molar-refractivity contribution in [1.82, 2.24) is 0 Å². The highest BCUT2D eigenvalue weighted by molar-refractivity contribution is 5.60. The molecule has 1 atom stereocenters. The standard InChI is InChI=1S/C16H18N2O2/c1-12(5-7-14-4-3-9-20-14)18-16-10-15(19-2)8-6-13(16)11-17/h3-4,6,8-10,12,18H,5,7H2,1-2H3. The molecule has 0 spiro atoms. The molecule has 20 heavy (non-hydrogen) atoms. The minimum absolute atomic E-state index is 0.235. The van der Waals surface area contributed by atoms with Gasteiger partial charge < -0.3 is 14.5 Å². The van der Waals surface area contributed by atoms with Crippen LogP contribution in [-0.4, -0.2) is 13.2 Å². The first-order chi connectivity index (χ1) is 9.72. The Morgan fingerprint density at radius 1 is 1.40 bits per heavy atom. The molecule has 0 saturated heterocycles. The molecule has 1 unspecified atom stereocenters. The second kappa shape index (κ2) is 6.67. The normalized spacial score (nSPS) is 11.7. The predicted octanol–water partition coefficient (Wildman–Crippen LogP) is 3.59. The van der Waals surface area contributed by atoms with Gasteiger partial charge in [-0.3, -0.25) is 0 Å². The van der Waals surface area contributed by atoms with Crippen LogP contribution in [0, 0.1) is 11.3 Å². The molecular weight excluding hydrogens is 252 g/mol. The van der Waals surface area contributed by atoms with Crippen molar-refractivity contribution in [2.24, 2.45) is 0 Å². The lowest BCUT2D eigenvalue weighted by Gasteiger charge is -2.16. The lowest BCUT2D eigenvalue weighted by molar-refractivity contribution is 0.415. The van der Waals surface area contributed by atoms with Crippen LogP contribution in [0.2, 0.25) is 0 Å². The van der Waals surface area contributed by atoms with Crippen LogP contribution in [0.1, 0.15) is 24.7 Å². The van der Waals surface area contributed by atoms with Gasteiger partial charge >= 0.3 is 0 Å². The van der Waals surface area contributed by atoms with E-state index >= 15 is 0 Å². The van der Waals surface area contributed by atoms with Crippen molar-refractivity contribution in [1.29, 1.82) is 5.26 Å². The number of rotatable bonds is 6. The van der Waals surface area contributed by atoms with E-state index in [9.17, 15) is 0 Å². The van der Waals surface area contributed by atoms with Crippen LogP contribution in [0.15, 0.2) is 41.0 Å². The SMILES string of the molecule is COc1ccc(C#N)c(NC(C)CCc2ccco2)c1. The molecule has 0 aliphatic carbocycles. The summed E-state index contributed by atoms with van der Waals surface area (Å²) in [7, 11) is 1.62. The number of ether oxygens (including phenoxy) is 1. The Kier molecular flexibility index (Phi) is 4.67. The summed E-state index contributed by atoms with van der Waals surface area (Å²) in [4.78, 5) is 0. The van der Waals surface area contributed by atoms with Crippen LogP contribution in [0.4, 0.5) is 5.69 Å². The molecule has 1 aromatic carbocycles. The van der Waals surface area contributed by atoms with Gasteiger partial charge in [0.2, 0.25) is 0 Å². The van der Waals surface area contributed by atoms with Crippen molar-refractivity contribution < 1.29 is 9.15 Å². The molecule has 0 aliphatic heterocycles. The van der Waals surface area contributed by atoms with Gasteiger partial charge in [0.1, 0.15) is 17.6 Å². The highest BCUT2D eigenvalue weighted by atomic mass is 16.5. The Morgan fingerprint density at radius 2 is 2.25 bits per heavy atom. The fraction of sp³-hybridized carbons (Fsp3) is 0.312. The molecule has 0 fully saturated rings. The highest BCUT2D eigenvalue weighted by Gasteiger charge is 2.09. The maximum Gasteiger partial charge on any atom is 0.121 e. The molecule has 2 rings (SSSR count). The van der Waals surface area contributed by atoms with Crippen molar-refractivity contribution in [3.63, 3.8) is 0 Å². The Morgan fingerprint density at radius 3 is 2.90 bits per heavy atom. The number of nitrogens with one attached hydrogen (secondary N) is 1. The third-order valence-electron chi connectivity index (χ3n) is 3.15. The van der Waals surface area contributed by atoms with Crippen LogP contribution in [0.25, 0.3) is 0 Å². The van der Waals surface area contributed by atoms with Crippen LogP contribution < -0.4 is 10.1 Å². The zero-order valence-electron chi connectivity index (χ0n) is 11.7. The summed E-state index contributed by atoms with van der Waals surface area (Å²) >= 11 is 0. The summed E-state index contributed by atoms with van der Waals surface area (Å²) in [5.74, 6) is 1.72. The van der Waals surface area contributed by atoms with Gasteiger partial charge in [0.25, 0.3) is 0 Å². The average molecular weight is 270 g/mol. The van der Waals surface area contributed by atoms with E-state index in [4.69, 9.17) is 14.4 Å². The van der Waals surface area contributed by atoms with E-state index in [-0.39, 0.29) is 6.04 Å². The molecule has 0 saturated carbocycles. The van der Waals surface area contributed by atoms with Gasteiger partial charge in [-0.2, -0.15) is 5.26 Å². The molecule has 1 N–H and O–H groups in total. The van der Waals surface area contributed by atoms with Gasteiger partial charge in [-0.15, -0.1) is 0 Å². The van der Waals surface area contributed by atoms with E-state index < -0.39 is 0 Å². The van der Waals surface area contributed by atoms with Gasteiger partial charge in [-0.25, -0.2) is 0 Å². The number of hydrogen-bond donors (Lipinski definition) is 1. The minimum Gasteiger partial charge on any atom is -0.497 e. The number of furan rings is 1. The third-order valence-corrected chi connectivity index (χ3v) is 3.15. The first-order valence-electron chi connectivity index (χ1n) is 6.60. The first kappa shape index (κ1) is 14.0. The fourth-order valence-electron chi connectivity index (χ4n) is 2.02. The van der Waals surface area contributed by atoms with Crippen LogP contribution in [0.3, 0.4) is 0 Å². The first-order valence-corrected chi connectivity index (χ1v) is 6.60. The maximum absolute atomic E-state index is 9.13. The van der Waals surface area contributed by atoms with Gasteiger partial charge in [-0.05, 0) is 37.6 Å². The van der Waals surface area contributed by atoms with Crippen molar-refractivity contribution >= 4 is 5.69 Å². The molecular formula is C16H18N2O2. The molecule has 4 heteroatoms. The zero-order valence-corrected chi connectivity index (χ0v) is 11.7. The number of aryl methyl sites for hydroxylation is 1. The van der Waals surface area contributed by atoms with Gasteiger partial charge in [-0.1, -0.05) is 0 Å². The molecule has 4 nitrogen and oxygen atoms in total. The van der Waals surface area contributed by atoms with Gasteiger partial charge in [0, 0.05) is 18.5 Å². The van der Waals surface area contributed by atoms with E-state index in [0.717, 1.165) is 30.0 Å². The molecule has 1 heterocycles. The number of benzene rings is 1. The highest BCUT2D eigenvalue weighted by Crippen LogP contribution is 2.23. The summed E-state index contributed by atoms with van der Waals surface area (Å²) in [6.07, 6.45) is 3.48. The van der Waals surface area contributed by atoms with Gasteiger partial charge in [0.15, 0.2) is 0 Å². The van der Waals surface area contributed by atoms with E-state index in [0.29, 0.717) is 5.56 Å². The maximum atomic E-state index is 9.13. The summed E-state index contributed by atoms with van der Waals surface area (Å²) in [6, 6.07) is 11.7. The number of nitriles is 1. The quantitative estimate of drug-likeness (QED) is 0.871. The lowest BCUT2D eigenvalue weighted by atomic mass is 10.1. The van der Waals surface area contributed by atoms with Crippen LogP contribution in [0.5, 0.6) is 5.75 Å². The van der Waals surface area contributed by atoms with E-state index in [1.165, 1.54) is 0 Å². The Hall–Kier alpha value is -2.41. The number of methoxy groups -OCH3 is 1. The molecule has 0 amide bonds. The lowest BCUT2D eigenvalue weighted by Crippen LogP contribution is -2.16. The number of nitrogens with zero attached hydrogens (tertiary/aromatic N) is 1. The largest absolute Gasteiger partial charge is 0.497 e. The summed E-state index contributed by atoms with van der Waals surface area (Å²) < 4.78 is 10.5. The molecule has 0 bridgehead atoms. The Labute approximate surface area is 119 Å². The number of anilines is 1. The van der Waals surface area contributed by atoms with Crippen molar-refractivity contribution in [3.05, 3.63) is 47.9 Å². The second-order valence-corrected chi connectivity index (χ2v) is 4.69. The van der Waals surface area contributed by atoms with Crippen LogP contribution in [-0.2, 0) is 6.42 Å². The number of hydrogen-bond acceptors (Lipinski definition) is 4. The molecule has 2 aromatic rings. The van der Waals surface area contributed by atoms with E-state index in [1.807, 2.05) is 18.2 Å². The Bertz CT molecular complexity index is 585. The molecule has 0 aliphatic rings. The minimum atomic E-state index is 0.235. The van der Waals surface area contributed by atoms with Crippen molar-refractivity contribution in [2.75, 3.05) is 12.4 Å². The van der Waals surface area contributed by atoms with Gasteiger partial charge in [0.05, 0.1) is 24.6 Å². The van der Waals surface area contributed by atoms with Crippen molar-refractivity contribution in [2.45, 2.75) is 25.8 Å². The summed E-state index contributed by atoms with van der Waals surface area (Å²) in [5, 5.41) is 12.5. The fourth-order valence-corrected chi connectivity index (χ4v) is 2.02. The molecule has 0 radical (unpaired) electrons. The third kappa shape index (κ3) is 3.55. The molecule has 1 aromatic heterocycles. The van der Waals surface area contributed by atoms with Crippen LogP contribution >= 0.6 is 0 Å². The smallest absolute Gasteiger partial charge is 0.121 e. The topological polar surface area (TPSA) is 58.2 Å². The Balaban J connectivity index is 1.99. The van der Waals surface area contributed by atoms with E-state index in [1.54, 1.807) is 25.5 Å². The second-order valence-electron chi connectivity index (χ2n) is 4.69.